The highest BCUT2D eigenvalue weighted by Gasteiger charge is 2.35. The normalized spacial score (nSPS) is 25.2. The van der Waals surface area contributed by atoms with Gasteiger partial charge in [-0.3, -0.25) is 0 Å². The fourth-order valence-electron chi connectivity index (χ4n) is 3.63. The summed E-state index contributed by atoms with van der Waals surface area (Å²) in [5.74, 6) is 0. The summed E-state index contributed by atoms with van der Waals surface area (Å²) in [6, 6.07) is 9.07. The Labute approximate surface area is 126 Å². The van der Waals surface area contributed by atoms with E-state index in [1.807, 2.05) is 13.1 Å². The molecule has 1 aliphatic heterocycles. The van der Waals surface area contributed by atoms with Crippen LogP contribution in [0.1, 0.15) is 36.8 Å². The number of anilines is 1. The third-order valence-corrected chi connectivity index (χ3v) is 4.60. The van der Waals surface area contributed by atoms with Crippen LogP contribution in [0.15, 0.2) is 18.2 Å². The summed E-state index contributed by atoms with van der Waals surface area (Å²) in [5.41, 5.74) is 3.03. The van der Waals surface area contributed by atoms with E-state index in [2.05, 4.69) is 28.4 Å². The third kappa shape index (κ3) is 2.90. The van der Waals surface area contributed by atoms with E-state index in [1.54, 1.807) is 0 Å². The summed E-state index contributed by atoms with van der Waals surface area (Å²) in [6.45, 7) is 2.45. The fraction of sp³-hybridized carbons (Fsp3) is 0.588. The molecule has 2 unspecified atom stereocenters. The molecule has 0 amide bonds. The number of rotatable bonds is 3. The second-order valence-electron chi connectivity index (χ2n) is 5.95. The molecular formula is C17H23N3O. The van der Waals surface area contributed by atoms with Gasteiger partial charge in [-0.1, -0.05) is 18.9 Å². The van der Waals surface area contributed by atoms with E-state index in [9.17, 15) is 5.26 Å². The Kier molecular flexibility index (Phi) is 4.42. The number of ether oxygens (including phenoxy) is 1. The van der Waals surface area contributed by atoms with Crippen LogP contribution in [0.5, 0.6) is 0 Å². The van der Waals surface area contributed by atoms with Crippen molar-refractivity contribution in [3.05, 3.63) is 29.3 Å². The van der Waals surface area contributed by atoms with Gasteiger partial charge in [0.2, 0.25) is 0 Å². The Morgan fingerprint density at radius 1 is 1.38 bits per heavy atom. The van der Waals surface area contributed by atoms with Crippen molar-refractivity contribution >= 4 is 5.69 Å². The number of hydrogen-bond donors (Lipinski definition) is 1. The summed E-state index contributed by atoms with van der Waals surface area (Å²) in [6.07, 6.45) is 5.20. The number of morpholine rings is 1. The van der Waals surface area contributed by atoms with Crippen LogP contribution in [0.3, 0.4) is 0 Å². The predicted molar refractivity (Wildman–Crippen MR) is 83.3 cm³/mol. The van der Waals surface area contributed by atoms with Gasteiger partial charge in [-0.25, -0.2) is 0 Å². The van der Waals surface area contributed by atoms with Gasteiger partial charge in [0.15, 0.2) is 0 Å². The Hall–Kier alpha value is -1.57. The molecule has 112 valence electrons. The molecule has 1 heterocycles. The van der Waals surface area contributed by atoms with Gasteiger partial charge in [0.1, 0.15) is 6.07 Å². The lowest BCUT2D eigenvalue weighted by Crippen LogP contribution is -2.53. The highest BCUT2D eigenvalue weighted by atomic mass is 16.5. The first-order valence-electron chi connectivity index (χ1n) is 7.89. The number of fused-ring (bicyclic) bond motifs is 1. The van der Waals surface area contributed by atoms with Crippen molar-refractivity contribution in [3.63, 3.8) is 0 Å². The van der Waals surface area contributed by atoms with Gasteiger partial charge in [0, 0.05) is 13.1 Å². The minimum atomic E-state index is 0.344. The van der Waals surface area contributed by atoms with Gasteiger partial charge in [-0.05, 0) is 37.6 Å². The van der Waals surface area contributed by atoms with Crippen LogP contribution in [-0.4, -0.2) is 32.3 Å². The zero-order valence-electron chi connectivity index (χ0n) is 12.6. The van der Waals surface area contributed by atoms with Gasteiger partial charge in [-0.2, -0.15) is 5.26 Å². The van der Waals surface area contributed by atoms with Crippen molar-refractivity contribution in [1.29, 1.82) is 5.26 Å². The summed E-state index contributed by atoms with van der Waals surface area (Å²) < 4.78 is 5.93. The minimum Gasteiger partial charge on any atom is -0.374 e. The molecule has 0 spiro atoms. The maximum Gasteiger partial charge on any atom is 0.101 e. The molecule has 2 atom stereocenters. The number of nitriles is 1. The molecule has 1 aromatic carbocycles. The largest absolute Gasteiger partial charge is 0.374 e. The standard InChI is InChI=1S/C17H23N3O/c1-19-12-13-6-7-15(14(10-13)11-18)20-8-9-21-17-5-3-2-4-16(17)20/h6-7,10,16-17,19H,2-5,8-9,12H2,1H3. The molecular weight excluding hydrogens is 262 g/mol. The molecule has 21 heavy (non-hydrogen) atoms. The van der Waals surface area contributed by atoms with Crippen molar-refractivity contribution in [3.8, 4) is 6.07 Å². The molecule has 0 aromatic heterocycles. The fourth-order valence-corrected chi connectivity index (χ4v) is 3.63. The Morgan fingerprint density at radius 2 is 2.24 bits per heavy atom. The number of nitrogens with zero attached hydrogens (tertiary/aromatic N) is 2. The van der Waals surface area contributed by atoms with E-state index >= 15 is 0 Å². The van der Waals surface area contributed by atoms with E-state index in [0.717, 1.165) is 42.9 Å². The molecule has 1 aromatic rings. The van der Waals surface area contributed by atoms with Gasteiger partial charge in [-0.15, -0.1) is 0 Å². The average molecular weight is 285 g/mol. The second kappa shape index (κ2) is 6.46. The molecule has 2 fully saturated rings. The maximum atomic E-state index is 9.51. The van der Waals surface area contributed by atoms with Crippen LogP contribution in [-0.2, 0) is 11.3 Å². The van der Waals surface area contributed by atoms with Crippen molar-refractivity contribution in [2.24, 2.45) is 0 Å². The molecule has 4 nitrogen and oxygen atoms in total. The lowest BCUT2D eigenvalue weighted by molar-refractivity contribution is -0.00869. The molecule has 0 radical (unpaired) electrons. The highest BCUT2D eigenvalue weighted by Crippen LogP contribution is 2.33. The smallest absolute Gasteiger partial charge is 0.101 e. The van der Waals surface area contributed by atoms with E-state index in [4.69, 9.17) is 4.74 Å². The van der Waals surface area contributed by atoms with E-state index < -0.39 is 0 Å². The summed E-state index contributed by atoms with van der Waals surface area (Å²) in [4.78, 5) is 2.41. The quantitative estimate of drug-likeness (QED) is 0.926. The zero-order chi connectivity index (χ0) is 14.7. The van der Waals surface area contributed by atoms with Crippen LogP contribution in [0.4, 0.5) is 5.69 Å². The molecule has 4 heteroatoms. The maximum absolute atomic E-state index is 9.51. The summed E-state index contributed by atoms with van der Waals surface area (Å²) in [5, 5.41) is 12.6. The van der Waals surface area contributed by atoms with Crippen molar-refractivity contribution in [2.75, 3.05) is 25.1 Å². The Balaban J connectivity index is 1.89. The number of nitrogens with one attached hydrogen (secondary N) is 1. The van der Waals surface area contributed by atoms with Crippen molar-refractivity contribution < 1.29 is 4.74 Å². The minimum absolute atomic E-state index is 0.344. The lowest BCUT2D eigenvalue weighted by atomic mass is 9.89. The topological polar surface area (TPSA) is 48.3 Å². The Bertz CT molecular complexity index is 535. The van der Waals surface area contributed by atoms with Crippen molar-refractivity contribution in [1.82, 2.24) is 5.32 Å². The van der Waals surface area contributed by atoms with Crippen molar-refractivity contribution in [2.45, 2.75) is 44.4 Å². The van der Waals surface area contributed by atoms with Crippen LogP contribution < -0.4 is 10.2 Å². The van der Waals surface area contributed by atoms with E-state index in [1.165, 1.54) is 19.3 Å². The van der Waals surface area contributed by atoms with Crippen LogP contribution in [0.25, 0.3) is 0 Å². The van der Waals surface area contributed by atoms with E-state index in [0.29, 0.717) is 12.1 Å². The van der Waals surface area contributed by atoms with E-state index in [-0.39, 0.29) is 0 Å². The van der Waals surface area contributed by atoms with Crippen LogP contribution in [0.2, 0.25) is 0 Å². The molecule has 0 bridgehead atoms. The molecule has 1 aliphatic carbocycles. The molecule has 2 aliphatic rings. The van der Waals surface area contributed by atoms with Crippen LogP contribution >= 0.6 is 0 Å². The summed E-state index contributed by atoms with van der Waals surface area (Å²) in [7, 11) is 1.93. The van der Waals surface area contributed by atoms with Gasteiger partial charge < -0.3 is 15.0 Å². The molecule has 3 rings (SSSR count). The Morgan fingerprint density at radius 3 is 3.05 bits per heavy atom. The van der Waals surface area contributed by atoms with Gasteiger partial charge in [0.05, 0.1) is 30.0 Å². The average Bonchev–Trinajstić information content (AvgIpc) is 2.54. The highest BCUT2D eigenvalue weighted by molar-refractivity contribution is 5.61. The third-order valence-electron chi connectivity index (χ3n) is 4.60. The zero-order valence-corrected chi connectivity index (χ0v) is 12.6. The number of benzene rings is 1. The molecule has 1 N–H and O–H groups in total. The first kappa shape index (κ1) is 14.4. The number of hydrogen-bond acceptors (Lipinski definition) is 4. The monoisotopic (exact) mass is 285 g/mol. The predicted octanol–water partition coefficient (Wildman–Crippen LogP) is 2.43. The lowest BCUT2D eigenvalue weighted by Gasteiger charge is -2.45. The first-order valence-corrected chi connectivity index (χ1v) is 7.89. The second-order valence-corrected chi connectivity index (χ2v) is 5.95. The van der Waals surface area contributed by atoms with Gasteiger partial charge in [0.25, 0.3) is 0 Å². The van der Waals surface area contributed by atoms with Crippen LogP contribution in [0, 0.1) is 11.3 Å². The first-order chi connectivity index (χ1) is 10.3. The molecule has 1 saturated carbocycles. The SMILES string of the molecule is CNCc1ccc(N2CCOC3CCCCC32)c(C#N)c1. The molecule has 1 saturated heterocycles. The summed E-state index contributed by atoms with van der Waals surface area (Å²) >= 11 is 0. The van der Waals surface area contributed by atoms with Gasteiger partial charge >= 0.3 is 0 Å².